The standard InChI is InChI=1S/C11H10IN3/c12-8-1-4-10(5-2-8)15-11-6-3-9(13)7-14-11/h1-7H,13H2,(H,14,15). The van der Waals surface area contributed by atoms with Crippen LogP contribution < -0.4 is 11.1 Å². The van der Waals surface area contributed by atoms with Crippen molar-refractivity contribution in [3.63, 3.8) is 0 Å². The van der Waals surface area contributed by atoms with E-state index in [1.54, 1.807) is 6.20 Å². The molecule has 15 heavy (non-hydrogen) atoms. The number of halogens is 1. The molecule has 4 heteroatoms. The van der Waals surface area contributed by atoms with Gasteiger partial charge in [0.1, 0.15) is 5.82 Å². The summed E-state index contributed by atoms with van der Waals surface area (Å²) in [6, 6.07) is 11.8. The monoisotopic (exact) mass is 311 g/mol. The fourth-order valence-corrected chi connectivity index (χ4v) is 1.52. The Labute approximate surface area is 102 Å². The molecule has 0 aliphatic carbocycles. The fourth-order valence-electron chi connectivity index (χ4n) is 1.16. The van der Waals surface area contributed by atoms with Gasteiger partial charge in [-0.25, -0.2) is 4.98 Å². The number of rotatable bonds is 2. The smallest absolute Gasteiger partial charge is 0.130 e. The summed E-state index contributed by atoms with van der Waals surface area (Å²) in [6.07, 6.45) is 1.63. The van der Waals surface area contributed by atoms with E-state index in [0.29, 0.717) is 5.69 Å². The van der Waals surface area contributed by atoms with Crippen molar-refractivity contribution in [3.8, 4) is 0 Å². The fraction of sp³-hybridized carbons (Fsp3) is 0. The highest BCUT2D eigenvalue weighted by atomic mass is 127. The van der Waals surface area contributed by atoms with Gasteiger partial charge >= 0.3 is 0 Å². The first-order valence-corrected chi connectivity index (χ1v) is 5.56. The van der Waals surface area contributed by atoms with Crippen molar-refractivity contribution < 1.29 is 0 Å². The summed E-state index contributed by atoms with van der Waals surface area (Å²) in [5, 5.41) is 3.19. The van der Waals surface area contributed by atoms with Gasteiger partial charge in [0.2, 0.25) is 0 Å². The van der Waals surface area contributed by atoms with Gasteiger partial charge in [-0.15, -0.1) is 0 Å². The summed E-state index contributed by atoms with van der Waals surface area (Å²) in [7, 11) is 0. The van der Waals surface area contributed by atoms with Crippen LogP contribution in [0.15, 0.2) is 42.6 Å². The van der Waals surface area contributed by atoms with Crippen LogP contribution in [0.4, 0.5) is 17.2 Å². The lowest BCUT2D eigenvalue weighted by molar-refractivity contribution is 1.31. The Bertz CT molecular complexity index is 393. The Morgan fingerprint density at radius 1 is 1.07 bits per heavy atom. The summed E-state index contributed by atoms with van der Waals surface area (Å²) >= 11 is 2.27. The molecule has 0 atom stereocenters. The lowest BCUT2D eigenvalue weighted by Crippen LogP contribution is -1.94. The largest absolute Gasteiger partial charge is 0.397 e. The molecule has 76 valence electrons. The number of pyridine rings is 1. The predicted octanol–water partition coefficient (Wildman–Crippen LogP) is 3.01. The molecular formula is C11H10IN3. The van der Waals surface area contributed by atoms with Crippen LogP contribution in [0.3, 0.4) is 0 Å². The number of nitrogens with one attached hydrogen (secondary N) is 1. The lowest BCUT2D eigenvalue weighted by atomic mass is 10.3. The second kappa shape index (κ2) is 4.48. The Morgan fingerprint density at radius 2 is 1.80 bits per heavy atom. The number of anilines is 3. The maximum Gasteiger partial charge on any atom is 0.130 e. The molecule has 0 fully saturated rings. The molecule has 3 nitrogen and oxygen atoms in total. The van der Waals surface area contributed by atoms with Gasteiger partial charge in [-0.3, -0.25) is 0 Å². The zero-order valence-electron chi connectivity index (χ0n) is 7.94. The zero-order valence-corrected chi connectivity index (χ0v) is 10.1. The Balaban J connectivity index is 2.15. The molecule has 0 amide bonds. The number of nitrogens with zero attached hydrogens (tertiary/aromatic N) is 1. The molecule has 0 spiro atoms. The van der Waals surface area contributed by atoms with Gasteiger partial charge in [-0.1, -0.05) is 0 Å². The second-order valence-corrected chi connectivity index (χ2v) is 4.35. The first-order chi connectivity index (χ1) is 7.24. The molecule has 0 aliphatic rings. The minimum absolute atomic E-state index is 0.670. The quantitative estimate of drug-likeness (QED) is 0.838. The van der Waals surface area contributed by atoms with Crippen molar-refractivity contribution in [3.05, 3.63) is 46.2 Å². The topological polar surface area (TPSA) is 50.9 Å². The van der Waals surface area contributed by atoms with Crippen molar-refractivity contribution >= 4 is 39.8 Å². The number of aromatic nitrogens is 1. The highest BCUT2D eigenvalue weighted by Gasteiger charge is 1.95. The van der Waals surface area contributed by atoms with E-state index in [1.807, 2.05) is 36.4 Å². The second-order valence-electron chi connectivity index (χ2n) is 3.11. The minimum atomic E-state index is 0.670. The number of hydrogen-bond acceptors (Lipinski definition) is 3. The van der Waals surface area contributed by atoms with Crippen molar-refractivity contribution in [2.75, 3.05) is 11.1 Å². The molecule has 2 rings (SSSR count). The lowest BCUT2D eigenvalue weighted by Gasteiger charge is -2.05. The van der Waals surface area contributed by atoms with E-state index in [9.17, 15) is 0 Å². The van der Waals surface area contributed by atoms with Gasteiger partial charge < -0.3 is 11.1 Å². The van der Waals surface area contributed by atoms with Crippen molar-refractivity contribution in [2.45, 2.75) is 0 Å². The number of benzene rings is 1. The van der Waals surface area contributed by atoms with Crippen LogP contribution in [0.25, 0.3) is 0 Å². The summed E-state index contributed by atoms with van der Waals surface area (Å²) in [4.78, 5) is 4.16. The molecule has 1 heterocycles. The Kier molecular flexibility index (Phi) is 3.05. The highest BCUT2D eigenvalue weighted by molar-refractivity contribution is 14.1. The first kappa shape index (κ1) is 10.2. The first-order valence-electron chi connectivity index (χ1n) is 4.48. The van der Waals surface area contributed by atoms with Crippen LogP contribution in [0.2, 0.25) is 0 Å². The van der Waals surface area contributed by atoms with E-state index in [4.69, 9.17) is 5.73 Å². The van der Waals surface area contributed by atoms with E-state index in [0.717, 1.165) is 11.5 Å². The SMILES string of the molecule is Nc1ccc(Nc2ccc(I)cc2)nc1. The molecule has 0 saturated heterocycles. The molecule has 0 unspecified atom stereocenters. The maximum atomic E-state index is 5.55. The van der Waals surface area contributed by atoms with Crippen molar-refractivity contribution in [2.24, 2.45) is 0 Å². The van der Waals surface area contributed by atoms with Gasteiger partial charge in [0, 0.05) is 9.26 Å². The third-order valence-corrected chi connectivity index (χ3v) is 2.62. The minimum Gasteiger partial charge on any atom is -0.397 e. The molecule has 3 N–H and O–H groups in total. The van der Waals surface area contributed by atoms with Crippen molar-refractivity contribution in [1.82, 2.24) is 4.98 Å². The zero-order chi connectivity index (χ0) is 10.7. The van der Waals surface area contributed by atoms with E-state index in [-0.39, 0.29) is 0 Å². The predicted molar refractivity (Wildman–Crippen MR) is 71.1 cm³/mol. The van der Waals surface area contributed by atoms with Crippen LogP contribution in [0.5, 0.6) is 0 Å². The van der Waals surface area contributed by atoms with Gasteiger partial charge in [-0.05, 0) is 59.0 Å². The summed E-state index contributed by atoms with van der Waals surface area (Å²) < 4.78 is 1.21. The van der Waals surface area contributed by atoms with Crippen LogP contribution in [0, 0.1) is 3.57 Å². The van der Waals surface area contributed by atoms with E-state index in [2.05, 4.69) is 32.9 Å². The van der Waals surface area contributed by atoms with Crippen molar-refractivity contribution in [1.29, 1.82) is 0 Å². The molecule has 0 aliphatic heterocycles. The van der Waals surface area contributed by atoms with Gasteiger partial charge in [0.25, 0.3) is 0 Å². The van der Waals surface area contributed by atoms with Crippen LogP contribution >= 0.6 is 22.6 Å². The van der Waals surface area contributed by atoms with Gasteiger partial charge in [-0.2, -0.15) is 0 Å². The highest BCUT2D eigenvalue weighted by Crippen LogP contribution is 2.16. The van der Waals surface area contributed by atoms with E-state index < -0.39 is 0 Å². The number of nitrogens with two attached hydrogens (primary N) is 1. The molecule has 1 aromatic carbocycles. The van der Waals surface area contributed by atoms with E-state index in [1.165, 1.54) is 3.57 Å². The van der Waals surface area contributed by atoms with Crippen LogP contribution in [-0.4, -0.2) is 4.98 Å². The third kappa shape index (κ3) is 2.82. The number of nitrogen functional groups attached to an aromatic ring is 1. The van der Waals surface area contributed by atoms with E-state index >= 15 is 0 Å². The molecule has 1 aromatic heterocycles. The molecule has 2 aromatic rings. The average Bonchev–Trinajstić information content (AvgIpc) is 2.25. The van der Waals surface area contributed by atoms with Gasteiger partial charge in [0.05, 0.1) is 11.9 Å². The normalized spacial score (nSPS) is 9.93. The maximum absolute atomic E-state index is 5.55. The van der Waals surface area contributed by atoms with Gasteiger partial charge in [0.15, 0.2) is 0 Å². The molecule has 0 saturated carbocycles. The average molecular weight is 311 g/mol. The molecule has 0 radical (unpaired) electrons. The summed E-state index contributed by atoms with van der Waals surface area (Å²) in [6.45, 7) is 0. The molecular weight excluding hydrogens is 301 g/mol. The third-order valence-electron chi connectivity index (χ3n) is 1.90. The molecule has 0 bridgehead atoms. The Morgan fingerprint density at radius 3 is 2.40 bits per heavy atom. The van der Waals surface area contributed by atoms with Crippen LogP contribution in [-0.2, 0) is 0 Å². The van der Waals surface area contributed by atoms with Crippen LogP contribution in [0.1, 0.15) is 0 Å². The summed E-state index contributed by atoms with van der Waals surface area (Å²) in [5.74, 6) is 0.797. The number of hydrogen-bond donors (Lipinski definition) is 2. The summed E-state index contributed by atoms with van der Waals surface area (Å²) in [5.41, 5.74) is 7.24. The Hall–Kier alpha value is -1.30.